The topological polar surface area (TPSA) is 42.7 Å². The summed E-state index contributed by atoms with van der Waals surface area (Å²) in [6.45, 7) is 9.40. The lowest BCUT2D eigenvalue weighted by atomic mass is 10.1. The Morgan fingerprint density at radius 2 is 2.11 bits per heavy atom. The van der Waals surface area contributed by atoms with Crippen LogP contribution >= 0.6 is 11.3 Å². The molecule has 1 N–H and O–H groups in total. The van der Waals surface area contributed by atoms with Crippen LogP contribution < -0.4 is 5.32 Å². The minimum atomic E-state index is 0.160. The molecule has 2 rings (SSSR count). The smallest absolute Gasteiger partial charge is 0.115 e. The van der Waals surface area contributed by atoms with Gasteiger partial charge in [0.1, 0.15) is 5.01 Å². The zero-order valence-corrected chi connectivity index (χ0v) is 13.1. The van der Waals surface area contributed by atoms with E-state index in [2.05, 4.69) is 41.6 Å². The standard InChI is InChI=1S/C14H22N4S/c1-6-7-15-13(14-16-9(2)8-19-14)12-10(3)17-18(5)11(12)4/h8,13,15H,6-7H2,1-5H3. The number of aryl methyl sites for hydroxylation is 3. The van der Waals surface area contributed by atoms with Gasteiger partial charge in [0.2, 0.25) is 0 Å². The minimum absolute atomic E-state index is 0.160. The summed E-state index contributed by atoms with van der Waals surface area (Å²) in [6.07, 6.45) is 1.11. The SMILES string of the molecule is CCCNC(c1nc(C)cs1)c1c(C)nn(C)c1C. The molecule has 0 bridgehead atoms. The van der Waals surface area contributed by atoms with Gasteiger partial charge in [-0.05, 0) is 33.7 Å². The summed E-state index contributed by atoms with van der Waals surface area (Å²) in [4.78, 5) is 4.65. The van der Waals surface area contributed by atoms with E-state index in [4.69, 9.17) is 0 Å². The van der Waals surface area contributed by atoms with Gasteiger partial charge < -0.3 is 5.32 Å². The lowest BCUT2D eigenvalue weighted by molar-refractivity contribution is 0.589. The molecule has 1 unspecified atom stereocenters. The quantitative estimate of drug-likeness (QED) is 0.914. The van der Waals surface area contributed by atoms with Gasteiger partial charge >= 0.3 is 0 Å². The van der Waals surface area contributed by atoms with Crippen LogP contribution in [0.25, 0.3) is 0 Å². The molecule has 0 saturated carbocycles. The number of aromatic nitrogens is 3. The highest BCUT2D eigenvalue weighted by atomic mass is 32.1. The van der Waals surface area contributed by atoms with Crippen molar-refractivity contribution in [1.82, 2.24) is 20.1 Å². The van der Waals surface area contributed by atoms with Gasteiger partial charge in [-0.15, -0.1) is 11.3 Å². The number of hydrogen-bond donors (Lipinski definition) is 1. The van der Waals surface area contributed by atoms with E-state index in [0.29, 0.717) is 0 Å². The Hall–Kier alpha value is -1.20. The lowest BCUT2D eigenvalue weighted by Crippen LogP contribution is -2.24. The Morgan fingerprint density at radius 1 is 1.37 bits per heavy atom. The monoisotopic (exact) mass is 278 g/mol. The molecule has 0 fully saturated rings. The van der Waals surface area contributed by atoms with Crippen LogP contribution in [0.4, 0.5) is 0 Å². The van der Waals surface area contributed by atoms with E-state index in [1.165, 1.54) is 11.3 Å². The average Bonchev–Trinajstić information content (AvgIpc) is 2.88. The van der Waals surface area contributed by atoms with Crippen LogP contribution in [-0.4, -0.2) is 21.3 Å². The molecule has 2 aromatic rings. The van der Waals surface area contributed by atoms with Crippen LogP contribution in [0.2, 0.25) is 0 Å². The zero-order chi connectivity index (χ0) is 14.0. The van der Waals surface area contributed by atoms with Crippen LogP contribution in [0.1, 0.15) is 47.0 Å². The molecular formula is C14H22N4S. The van der Waals surface area contributed by atoms with Gasteiger partial charge in [0.05, 0.1) is 11.7 Å². The second-order valence-corrected chi connectivity index (χ2v) is 5.81. The van der Waals surface area contributed by atoms with Crippen LogP contribution in [0.5, 0.6) is 0 Å². The third kappa shape index (κ3) is 2.87. The van der Waals surface area contributed by atoms with E-state index in [0.717, 1.165) is 29.4 Å². The molecule has 0 aliphatic rings. The number of nitrogens with zero attached hydrogens (tertiary/aromatic N) is 3. The first-order valence-corrected chi connectivity index (χ1v) is 7.58. The molecule has 2 aromatic heterocycles. The van der Waals surface area contributed by atoms with Crippen LogP contribution in [-0.2, 0) is 7.05 Å². The highest BCUT2D eigenvalue weighted by Gasteiger charge is 2.23. The first-order valence-electron chi connectivity index (χ1n) is 6.70. The van der Waals surface area contributed by atoms with E-state index < -0.39 is 0 Å². The molecule has 0 saturated heterocycles. The maximum Gasteiger partial charge on any atom is 0.115 e. The normalized spacial score (nSPS) is 12.9. The molecule has 0 aromatic carbocycles. The Labute approximate surface area is 118 Å². The molecule has 0 radical (unpaired) electrons. The van der Waals surface area contributed by atoms with E-state index in [1.54, 1.807) is 11.3 Å². The predicted octanol–water partition coefficient (Wildman–Crippen LogP) is 2.89. The Balaban J connectivity index is 2.42. The van der Waals surface area contributed by atoms with Gasteiger partial charge in [-0.25, -0.2) is 4.98 Å². The maximum absolute atomic E-state index is 4.65. The van der Waals surface area contributed by atoms with Gasteiger partial charge in [0.25, 0.3) is 0 Å². The molecule has 5 heteroatoms. The van der Waals surface area contributed by atoms with Crippen molar-refractivity contribution in [2.75, 3.05) is 6.54 Å². The summed E-state index contributed by atoms with van der Waals surface area (Å²) in [5.74, 6) is 0. The highest BCUT2D eigenvalue weighted by molar-refractivity contribution is 7.09. The number of thiazole rings is 1. The minimum Gasteiger partial charge on any atom is -0.304 e. The summed E-state index contributed by atoms with van der Waals surface area (Å²) < 4.78 is 1.95. The van der Waals surface area contributed by atoms with Crippen molar-refractivity contribution in [2.24, 2.45) is 7.05 Å². The first-order chi connectivity index (χ1) is 9.04. The van der Waals surface area contributed by atoms with E-state index in [9.17, 15) is 0 Å². The molecule has 0 spiro atoms. The fourth-order valence-electron chi connectivity index (χ4n) is 2.31. The van der Waals surface area contributed by atoms with Crippen molar-refractivity contribution < 1.29 is 0 Å². The molecule has 1 atom stereocenters. The molecule has 104 valence electrons. The lowest BCUT2D eigenvalue weighted by Gasteiger charge is -2.17. The van der Waals surface area contributed by atoms with Crippen LogP contribution in [0, 0.1) is 20.8 Å². The van der Waals surface area contributed by atoms with Gasteiger partial charge in [-0.3, -0.25) is 4.68 Å². The number of rotatable bonds is 5. The van der Waals surface area contributed by atoms with Crippen molar-refractivity contribution in [1.29, 1.82) is 0 Å². The third-order valence-electron chi connectivity index (χ3n) is 3.34. The van der Waals surface area contributed by atoms with Crippen LogP contribution in [0.3, 0.4) is 0 Å². The number of hydrogen-bond acceptors (Lipinski definition) is 4. The second kappa shape index (κ2) is 5.84. The molecular weight excluding hydrogens is 256 g/mol. The second-order valence-electron chi connectivity index (χ2n) is 4.92. The van der Waals surface area contributed by atoms with Gasteiger partial charge in [-0.2, -0.15) is 5.10 Å². The average molecular weight is 278 g/mol. The largest absolute Gasteiger partial charge is 0.304 e. The van der Waals surface area contributed by atoms with Crippen molar-refractivity contribution in [3.63, 3.8) is 0 Å². The summed E-state index contributed by atoms with van der Waals surface area (Å²) >= 11 is 1.72. The summed E-state index contributed by atoms with van der Waals surface area (Å²) in [7, 11) is 2.00. The van der Waals surface area contributed by atoms with Gasteiger partial charge in [0, 0.05) is 29.4 Å². The van der Waals surface area contributed by atoms with Crippen molar-refractivity contribution in [2.45, 2.75) is 40.2 Å². The predicted molar refractivity (Wildman–Crippen MR) is 79.7 cm³/mol. The molecule has 0 amide bonds. The maximum atomic E-state index is 4.65. The van der Waals surface area contributed by atoms with Gasteiger partial charge in [-0.1, -0.05) is 6.92 Å². The highest BCUT2D eigenvalue weighted by Crippen LogP contribution is 2.29. The third-order valence-corrected chi connectivity index (χ3v) is 4.36. The first kappa shape index (κ1) is 14.2. The van der Waals surface area contributed by atoms with E-state index in [1.807, 2.05) is 18.7 Å². The molecule has 0 aliphatic carbocycles. The molecule has 19 heavy (non-hydrogen) atoms. The van der Waals surface area contributed by atoms with Gasteiger partial charge in [0.15, 0.2) is 0 Å². The Bertz CT molecular complexity index is 556. The van der Waals surface area contributed by atoms with Crippen LogP contribution in [0.15, 0.2) is 5.38 Å². The van der Waals surface area contributed by atoms with E-state index >= 15 is 0 Å². The Morgan fingerprint density at radius 3 is 2.58 bits per heavy atom. The molecule has 0 aliphatic heterocycles. The molecule has 2 heterocycles. The van der Waals surface area contributed by atoms with Crippen molar-refractivity contribution >= 4 is 11.3 Å². The van der Waals surface area contributed by atoms with E-state index in [-0.39, 0.29) is 6.04 Å². The van der Waals surface area contributed by atoms with Crippen molar-refractivity contribution in [3.05, 3.63) is 33.0 Å². The summed E-state index contributed by atoms with van der Waals surface area (Å²) in [5, 5.41) is 11.4. The fourth-order valence-corrected chi connectivity index (χ4v) is 3.19. The summed E-state index contributed by atoms with van der Waals surface area (Å²) in [5.41, 5.74) is 4.65. The Kier molecular flexibility index (Phi) is 4.37. The zero-order valence-electron chi connectivity index (χ0n) is 12.3. The number of nitrogens with one attached hydrogen (secondary N) is 1. The van der Waals surface area contributed by atoms with Crippen molar-refractivity contribution in [3.8, 4) is 0 Å². The fraction of sp³-hybridized carbons (Fsp3) is 0.571. The summed E-state index contributed by atoms with van der Waals surface area (Å²) in [6, 6.07) is 0.160. The molecule has 4 nitrogen and oxygen atoms in total.